The van der Waals surface area contributed by atoms with Crippen LogP contribution in [0.5, 0.6) is 5.75 Å². The number of ether oxygens (including phenoxy) is 2. The van der Waals surface area contributed by atoms with Gasteiger partial charge in [0.15, 0.2) is 0 Å². The van der Waals surface area contributed by atoms with Gasteiger partial charge in [0, 0.05) is 35.0 Å². The van der Waals surface area contributed by atoms with Gasteiger partial charge in [0.1, 0.15) is 5.75 Å². The second-order valence-corrected chi connectivity index (χ2v) is 6.55. The summed E-state index contributed by atoms with van der Waals surface area (Å²) in [6.45, 7) is 5.77. The zero-order chi connectivity index (χ0) is 13.9. The third kappa shape index (κ3) is 2.87. The minimum absolute atomic E-state index is 0.335. The zero-order valence-corrected chi connectivity index (χ0v) is 13.5. The summed E-state index contributed by atoms with van der Waals surface area (Å²) in [6.07, 6.45) is 3.28. The van der Waals surface area contributed by atoms with Gasteiger partial charge in [-0.3, -0.25) is 0 Å². The fourth-order valence-electron chi connectivity index (χ4n) is 3.17. The molecule has 1 aromatic rings. The highest BCUT2D eigenvalue weighted by atomic mass is 79.9. The Balaban J connectivity index is 1.93. The number of hydrogen-bond acceptors (Lipinski definition) is 3. The largest absolute Gasteiger partial charge is 0.493 e. The Morgan fingerprint density at radius 2 is 2.30 bits per heavy atom. The summed E-state index contributed by atoms with van der Waals surface area (Å²) >= 11 is 3.65. The lowest BCUT2D eigenvalue weighted by Crippen LogP contribution is -2.29. The van der Waals surface area contributed by atoms with Crippen LogP contribution in [0.2, 0.25) is 0 Å². The number of nitrogens with one attached hydrogen (secondary N) is 1. The molecule has 1 fully saturated rings. The van der Waals surface area contributed by atoms with Gasteiger partial charge >= 0.3 is 0 Å². The van der Waals surface area contributed by atoms with E-state index in [1.54, 1.807) is 0 Å². The maximum absolute atomic E-state index is 5.90. The minimum atomic E-state index is 0.335. The quantitative estimate of drug-likeness (QED) is 0.890. The van der Waals surface area contributed by atoms with Crippen LogP contribution in [0.1, 0.15) is 36.9 Å². The van der Waals surface area contributed by atoms with Crippen LogP contribution in [0, 0.1) is 5.92 Å². The molecule has 110 valence electrons. The molecule has 0 saturated carbocycles. The fraction of sp³-hybridized carbons (Fsp3) is 0.625. The van der Waals surface area contributed by atoms with Gasteiger partial charge < -0.3 is 14.8 Å². The molecule has 0 spiro atoms. The zero-order valence-electron chi connectivity index (χ0n) is 12.0. The molecule has 2 atom stereocenters. The van der Waals surface area contributed by atoms with E-state index in [2.05, 4.69) is 40.3 Å². The van der Waals surface area contributed by atoms with Gasteiger partial charge in [-0.05, 0) is 37.1 Å². The monoisotopic (exact) mass is 339 g/mol. The van der Waals surface area contributed by atoms with E-state index in [-0.39, 0.29) is 0 Å². The molecule has 2 heterocycles. The third-order valence-electron chi connectivity index (χ3n) is 4.16. The van der Waals surface area contributed by atoms with Crippen molar-refractivity contribution in [3.8, 4) is 5.75 Å². The third-order valence-corrected chi connectivity index (χ3v) is 4.62. The van der Waals surface area contributed by atoms with Crippen molar-refractivity contribution in [2.24, 2.45) is 5.92 Å². The average Bonchev–Trinajstić information content (AvgIpc) is 3.09. The second kappa shape index (κ2) is 6.46. The number of halogens is 1. The number of benzene rings is 1. The highest BCUT2D eigenvalue weighted by molar-refractivity contribution is 9.10. The molecule has 1 N–H and O–H groups in total. The van der Waals surface area contributed by atoms with Crippen LogP contribution in [0.4, 0.5) is 0 Å². The van der Waals surface area contributed by atoms with Crippen LogP contribution in [-0.4, -0.2) is 26.4 Å². The summed E-state index contributed by atoms with van der Waals surface area (Å²) in [6, 6.07) is 4.74. The Morgan fingerprint density at radius 3 is 3.05 bits per heavy atom. The van der Waals surface area contributed by atoms with E-state index in [0.717, 1.165) is 55.9 Å². The van der Waals surface area contributed by atoms with Gasteiger partial charge in [-0.1, -0.05) is 22.9 Å². The molecule has 1 saturated heterocycles. The van der Waals surface area contributed by atoms with Gasteiger partial charge in [0.25, 0.3) is 0 Å². The average molecular weight is 340 g/mol. The first-order chi connectivity index (χ1) is 9.79. The summed E-state index contributed by atoms with van der Waals surface area (Å²) in [5, 5.41) is 3.70. The summed E-state index contributed by atoms with van der Waals surface area (Å²) in [4.78, 5) is 0. The maximum atomic E-state index is 5.90. The fourth-order valence-corrected chi connectivity index (χ4v) is 3.70. The van der Waals surface area contributed by atoms with Crippen molar-refractivity contribution in [2.45, 2.75) is 32.2 Å². The molecule has 2 aliphatic heterocycles. The SMILES string of the molecule is CCCNC(c1cc(Br)cc2c1OCC2)C1CCOC1. The van der Waals surface area contributed by atoms with E-state index in [0.29, 0.717) is 12.0 Å². The molecule has 0 aromatic heterocycles. The normalized spacial score (nSPS) is 22.6. The lowest BCUT2D eigenvalue weighted by molar-refractivity contribution is 0.176. The first kappa shape index (κ1) is 14.4. The molecule has 3 rings (SSSR count). The van der Waals surface area contributed by atoms with Crippen molar-refractivity contribution in [1.82, 2.24) is 5.32 Å². The predicted molar refractivity (Wildman–Crippen MR) is 83.3 cm³/mol. The number of hydrogen-bond donors (Lipinski definition) is 1. The Kier molecular flexibility index (Phi) is 4.64. The summed E-state index contributed by atoms with van der Waals surface area (Å²) < 4.78 is 12.7. The second-order valence-electron chi connectivity index (χ2n) is 5.64. The Morgan fingerprint density at radius 1 is 1.40 bits per heavy atom. The van der Waals surface area contributed by atoms with Crippen LogP contribution < -0.4 is 10.1 Å². The smallest absolute Gasteiger partial charge is 0.127 e. The van der Waals surface area contributed by atoms with Crippen molar-refractivity contribution in [2.75, 3.05) is 26.4 Å². The van der Waals surface area contributed by atoms with E-state index in [9.17, 15) is 0 Å². The molecule has 2 aliphatic rings. The Hall–Kier alpha value is -0.580. The molecule has 2 unspecified atom stereocenters. The van der Waals surface area contributed by atoms with Crippen LogP contribution in [0.15, 0.2) is 16.6 Å². The molecule has 3 nitrogen and oxygen atoms in total. The van der Waals surface area contributed by atoms with Crippen LogP contribution in [-0.2, 0) is 11.2 Å². The van der Waals surface area contributed by atoms with Gasteiger partial charge in [-0.25, -0.2) is 0 Å². The first-order valence-corrected chi connectivity index (χ1v) is 8.35. The molecular formula is C16H22BrNO2. The molecule has 0 radical (unpaired) electrons. The van der Waals surface area contributed by atoms with Crippen molar-refractivity contribution < 1.29 is 9.47 Å². The van der Waals surface area contributed by atoms with Crippen molar-refractivity contribution in [3.63, 3.8) is 0 Å². The Bertz CT molecular complexity index is 472. The molecule has 4 heteroatoms. The summed E-state index contributed by atoms with van der Waals surface area (Å²) in [5.41, 5.74) is 2.63. The van der Waals surface area contributed by atoms with Crippen LogP contribution in [0.3, 0.4) is 0 Å². The van der Waals surface area contributed by atoms with Gasteiger partial charge in [0.05, 0.1) is 13.2 Å². The lowest BCUT2D eigenvalue weighted by atomic mass is 9.90. The van der Waals surface area contributed by atoms with Gasteiger partial charge in [-0.2, -0.15) is 0 Å². The topological polar surface area (TPSA) is 30.5 Å². The van der Waals surface area contributed by atoms with E-state index in [4.69, 9.17) is 9.47 Å². The Labute approximate surface area is 129 Å². The molecule has 1 aromatic carbocycles. The summed E-state index contributed by atoms with van der Waals surface area (Å²) in [7, 11) is 0. The van der Waals surface area contributed by atoms with Crippen LogP contribution >= 0.6 is 15.9 Å². The highest BCUT2D eigenvalue weighted by Crippen LogP contribution is 2.40. The molecular weight excluding hydrogens is 318 g/mol. The standard InChI is InChI=1S/C16H22BrNO2/c1-2-5-18-15(12-3-6-19-10-12)14-9-13(17)8-11-4-7-20-16(11)14/h8-9,12,15,18H,2-7,10H2,1H3. The van der Waals surface area contributed by atoms with Crippen LogP contribution in [0.25, 0.3) is 0 Å². The summed E-state index contributed by atoms with van der Waals surface area (Å²) in [5.74, 6) is 1.65. The first-order valence-electron chi connectivity index (χ1n) is 7.56. The predicted octanol–water partition coefficient (Wildman–Crippen LogP) is 3.46. The number of rotatable bonds is 5. The van der Waals surface area contributed by atoms with Gasteiger partial charge in [-0.15, -0.1) is 0 Å². The minimum Gasteiger partial charge on any atom is -0.493 e. The number of fused-ring (bicyclic) bond motifs is 1. The van der Waals surface area contributed by atoms with Crippen molar-refractivity contribution in [1.29, 1.82) is 0 Å². The van der Waals surface area contributed by atoms with E-state index < -0.39 is 0 Å². The molecule has 20 heavy (non-hydrogen) atoms. The molecule has 0 bridgehead atoms. The van der Waals surface area contributed by atoms with Crippen molar-refractivity contribution >= 4 is 15.9 Å². The molecule has 0 amide bonds. The highest BCUT2D eigenvalue weighted by Gasteiger charge is 2.31. The molecule has 0 aliphatic carbocycles. The van der Waals surface area contributed by atoms with E-state index in [1.165, 1.54) is 11.1 Å². The van der Waals surface area contributed by atoms with E-state index in [1.807, 2.05) is 0 Å². The maximum Gasteiger partial charge on any atom is 0.127 e. The lowest BCUT2D eigenvalue weighted by Gasteiger charge is -2.26. The van der Waals surface area contributed by atoms with Crippen molar-refractivity contribution in [3.05, 3.63) is 27.7 Å². The van der Waals surface area contributed by atoms with Gasteiger partial charge in [0.2, 0.25) is 0 Å². The van der Waals surface area contributed by atoms with E-state index >= 15 is 0 Å².